The Morgan fingerprint density at radius 1 is 1.17 bits per heavy atom. The van der Waals surface area contributed by atoms with E-state index in [1.165, 1.54) is 18.3 Å². The van der Waals surface area contributed by atoms with Crippen molar-refractivity contribution >= 4 is 11.6 Å². The van der Waals surface area contributed by atoms with Crippen molar-refractivity contribution in [2.45, 2.75) is 6.54 Å². The van der Waals surface area contributed by atoms with Gasteiger partial charge in [-0.2, -0.15) is 0 Å². The predicted octanol–water partition coefficient (Wildman–Crippen LogP) is 3.17. The smallest absolute Gasteiger partial charge is 0.270 e. The van der Waals surface area contributed by atoms with E-state index >= 15 is 0 Å². The molecule has 3 heterocycles. The second-order valence-electron chi connectivity index (χ2n) is 6.74. The molecule has 0 bridgehead atoms. The SMILES string of the molecule is O=C(NCc1ccc(Oc2cccnc2)c(F)c1)c1cc(N2CCOCC2)ccn1. The van der Waals surface area contributed by atoms with Crippen molar-refractivity contribution in [3.05, 3.63) is 78.1 Å². The van der Waals surface area contributed by atoms with Gasteiger partial charge in [0.25, 0.3) is 5.91 Å². The third kappa shape index (κ3) is 4.90. The number of carbonyl (C=O) groups is 1. The fraction of sp³-hybridized carbons (Fsp3) is 0.227. The summed E-state index contributed by atoms with van der Waals surface area (Å²) >= 11 is 0. The maximum absolute atomic E-state index is 14.4. The number of amides is 1. The Morgan fingerprint density at radius 3 is 2.80 bits per heavy atom. The molecular weight excluding hydrogens is 387 g/mol. The normalized spacial score (nSPS) is 13.7. The van der Waals surface area contributed by atoms with Gasteiger partial charge in [-0.05, 0) is 42.0 Å². The molecule has 154 valence electrons. The lowest BCUT2D eigenvalue weighted by molar-refractivity contribution is 0.0946. The number of aromatic nitrogens is 2. The van der Waals surface area contributed by atoms with Gasteiger partial charge >= 0.3 is 0 Å². The van der Waals surface area contributed by atoms with Crippen LogP contribution in [0.25, 0.3) is 0 Å². The van der Waals surface area contributed by atoms with E-state index in [1.807, 2.05) is 6.07 Å². The third-order valence-corrected chi connectivity index (χ3v) is 4.66. The minimum Gasteiger partial charge on any atom is -0.453 e. The van der Waals surface area contributed by atoms with Gasteiger partial charge < -0.3 is 19.7 Å². The molecule has 1 aliphatic heterocycles. The van der Waals surface area contributed by atoms with Crippen LogP contribution in [-0.2, 0) is 11.3 Å². The van der Waals surface area contributed by atoms with Crippen LogP contribution in [0.1, 0.15) is 16.1 Å². The van der Waals surface area contributed by atoms with Crippen LogP contribution in [0.15, 0.2) is 61.1 Å². The van der Waals surface area contributed by atoms with Crippen molar-refractivity contribution in [3.63, 3.8) is 0 Å². The number of rotatable bonds is 6. The summed E-state index contributed by atoms with van der Waals surface area (Å²) in [4.78, 5) is 22.7. The summed E-state index contributed by atoms with van der Waals surface area (Å²) in [6.45, 7) is 3.05. The summed E-state index contributed by atoms with van der Waals surface area (Å²) in [6.07, 6.45) is 4.73. The van der Waals surface area contributed by atoms with Crippen molar-refractivity contribution in [3.8, 4) is 11.5 Å². The summed E-state index contributed by atoms with van der Waals surface area (Å²) in [5.41, 5.74) is 1.86. The summed E-state index contributed by atoms with van der Waals surface area (Å²) in [7, 11) is 0. The molecule has 1 aromatic carbocycles. The lowest BCUT2D eigenvalue weighted by Gasteiger charge is -2.28. The Bertz CT molecular complexity index is 1010. The molecular formula is C22H21FN4O3. The molecule has 0 unspecified atom stereocenters. The second kappa shape index (κ2) is 9.32. The number of morpholine rings is 1. The van der Waals surface area contributed by atoms with Gasteiger partial charge in [-0.25, -0.2) is 4.39 Å². The molecule has 1 amide bonds. The van der Waals surface area contributed by atoms with Crippen LogP contribution in [0.3, 0.4) is 0 Å². The highest BCUT2D eigenvalue weighted by molar-refractivity contribution is 5.93. The van der Waals surface area contributed by atoms with Gasteiger partial charge in [0, 0.05) is 37.7 Å². The highest BCUT2D eigenvalue weighted by Crippen LogP contribution is 2.24. The molecule has 0 saturated carbocycles. The molecule has 3 aromatic rings. The number of hydrogen-bond donors (Lipinski definition) is 1. The Balaban J connectivity index is 1.37. The quantitative estimate of drug-likeness (QED) is 0.675. The number of anilines is 1. The van der Waals surface area contributed by atoms with E-state index in [2.05, 4.69) is 20.2 Å². The van der Waals surface area contributed by atoms with E-state index in [9.17, 15) is 9.18 Å². The van der Waals surface area contributed by atoms with Crippen molar-refractivity contribution in [2.75, 3.05) is 31.2 Å². The monoisotopic (exact) mass is 408 g/mol. The van der Waals surface area contributed by atoms with Crippen molar-refractivity contribution < 1.29 is 18.7 Å². The van der Waals surface area contributed by atoms with Crippen molar-refractivity contribution in [2.24, 2.45) is 0 Å². The Kier molecular flexibility index (Phi) is 6.14. The number of nitrogens with one attached hydrogen (secondary N) is 1. The lowest BCUT2D eigenvalue weighted by atomic mass is 10.2. The van der Waals surface area contributed by atoms with Crippen LogP contribution in [0.2, 0.25) is 0 Å². The first-order chi connectivity index (χ1) is 14.7. The van der Waals surface area contributed by atoms with Crippen LogP contribution in [0.5, 0.6) is 11.5 Å². The van der Waals surface area contributed by atoms with E-state index in [0.717, 1.165) is 18.8 Å². The Hall–Kier alpha value is -3.52. The standard InChI is InChI=1S/C22H21FN4O3/c23-19-12-16(3-4-21(19)30-18-2-1-6-24-15-18)14-26-22(28)20-13-17(5-7-25-20)27-8-10-29-11-9-27/h1-7,12-13,15H,8-11,14H2,(H,26,28). The highest BCUT2D eigenvalue weighted by atomic mass is 19.1. The molecule has 1 saturated heterocycles. The fourth-order valence-corrected chi connectivity index (χ4v) is 3.11. The highest BCUT2D eigenvalue weighted by Gasteiger charge is 2.14. The molecule has 8 heteroatoms. The van der Waals surface area contributed by atoms with Gasteiger partial charge in [0.1, 0.15) is 11.4 Å². The number of halogens is 1. The van der Waals surface area contributed by atoms with Gasteiger partial charge in [-0.15, -0.1) is 0 Å². The van der Waals surface area contributed by atoms with Crippen molar-refractivity contribution in [1.29, 1.82) is 0 Å². The van der Waals surface area contributed by atoms with E-state index in [4.69, 9.17) is 9.47 Å². The molecule has 4 rings (SSSR count). The Morgan fingerprint density at radius 2 is 2.03 bits per heavy atom. The van der Waals surface area contributed by atoms with Gasteiger partial charge in [-0.1, -0.05) is 6.07 Å². The van der Waals surface area contributed by atoms with Gasteiger partial charge in [-0.3, -0.25) is 14.8 Å². The fourth-order valence-electron chi connectivity index (χ4n) is 3.11. The summed E-state index contributed by atoms with van der Waals surface area (Å²) in [5, 5.41) is 2.78. The lowest BCUT2D eigenvalue weighted by Crippen LogP contribution is -2.36. The molecule has 1 fully saturated rings. The van der Waals surface area contributed by atoms with Crippen LogP contribution < -0.4 is 15.0 Å². The van der Waals surface area contributed by atoms with Gasteiger partial charge in [0.15, 0.2) is 11.6 Å². The molecule has 0 spiro atoms. The largest absolute Gasteiger partial charge is 0.453 e. The molecule has 1 N–H and O–H groups in total. The topological polar surface area (TPSA) is 76.6 Å². The average molecular weight is 408 g/mol. The second-order valence-corrected chi connectivity index (χ2v) is 6.74. The minimum absolute atomic E-state index is 0.0953. The molecule has 30 heavy (non-hydrogen) atoms. The summed E-state index contributed by atoms with van der Waals surface area (Å²) in [5.74, 6) is -0.291. The maximum atomic E-state index is 14.4. The number of ether oxygens (including phenoxy) is 2. The molecule has 1 aliphatic rings. The zero-order valence-corrected chi connectivity index (χ0v) is 16.3. The number of pyridine rings is 2. The number of nitrogens with zero attached hydrogens (tertiary/aromatic N) is 3. The molecule has 0 aliphatic carbocycles. The number of benzene rings is 1. The van der Waals surface area contributed by atoms with E-state index < -0.39 is 5.82 Å². The molecule has 2 aromatic heterocycles. The van der Waals surface area contributed by atoms with Crippen LogP contribution in [0.4, 0.5) is 10.1 Å². The molecule has 0 radical (unpaired) electrons. The third-order valence-electron chi connectivity index (χ3n) is 4.66. The first-order valence-electron chi connectivity index (χ1n) is 9.62. The summed E-state index contributed by atoms with van der Waals surface area (Å²) < 4.78 is 25.2. The average Bonchev–Trinajstić information content (AvgIpc) is 2.80. The molecule has 0 atom stereocenters. The molecule has 7 nitrogen and oxygen atoms in total. The number of carbonyl (C=O) groups excluding carboxylic acids is 1. The van der Waals surface area contributed by atoms with Crippen molar-refractivity contribution in [1.82, 2.24) is 15.3 Å². The van der Waals surface area contributed by atoms with E-state index in [-0.39, 0.29) is 18.2 Å². The van der Waals surface area contributed by atoms with E-state index in [0.29, 0.717) is 30.2 Å². The predicted molar refractivity (Wildman–Crippen MR) is 109 cm³/mol. The number of hydrogen-bond acceptors (Lipinski definition) is 6. The van der Waals surface area contributed by atoms with Gasteiger partial charge in [0.2, 0.25) is 0 Å². The van der Waals surface area contributed by atoms with Crippen LogP contribution in [-0.4, -0.2) is 42.2 Å². The maximum Gasteiger partial charge on any atom is 0.270 e. The Labute approximate surface area is 173 Å². The first kappa shape index (κ1) is 19.8. The van der Waals surface area contributed by atoms with Gasteiger partial charge in [0.05, 0.1) is 19.4 Å². The summed E-state index contributed by atoms with van der Waals surface area (Å²) in [6, 6.07) is 11.6. The van der Waals surface area contributed by atoms with Crippen LogP contribution >= 0.6 is 0 Å². The zero-order chi connectivity index (χ0) is 20.8. The first-order valence-corrected chi connectivity index (χ1v) is 9.62. The van der Waals surface area contributed by atoms with Crippen LogP contribution in [0, 0.1) is 5.82 Å². The zero-order valence-electron chi connectivity index (χ0n) is 16.3. The van der Waals surface area contributed by atoms with E-state index in [1.54, 1.807) is 36.7 Å². The minimum atomic E-state index is -0.516.